The summed E-state index contributed by atoms with van der Waals surface area (Å²) in [5, 5.41) is 0. The summed E-state index contributed by atoms with van der Waals surface area (Å²) >= 11 is 1.62. The Hall–Kier alpha value is -1.00. The van der Waals surface area contributed by atoms with Crippen LogP contribution >= 0.6 is 11.8 Å². The van der Waals surface area contributed by atoms with Gasteiger partial charge in [0.25, 0.3) is 0 Å². The summed E-state index contributed by atoms with van der Waals surface area (Å²) in [6, 6.07) is 6.29. The first kappa shape index (κ1) is 11.5. The van der Waals surface area contributed by atoms with Gasteiger partial charge in [0.05, 0.1) is 11.4 Å². The summed E-state index contributed by atoms with van der Waals surface area (Å²) < 4.78 is 0. The molecule has 1 heterocycles. The van der Waals surface area contributed by atoms with Crippen LogP contribution in [0.15, 0.2) is 23.1 Å². The van der Waals surface area contributed by atoms with Crippen LogP contribution in [-0.2, 0) is 11.2 Å². The number of nitrogens with zero attached hydrogens (tertiary/aromatic N) is 1. The number of hydrogen-bond acceptors (Lipinski definition) is 3. The molecule has 16 heavy (non-hydrogen) atoms. The van der Waals surface area contributed by atoms with E-state index < -0.39 is 0 Å². The summed E-state index contributed by atoms with van der Waals surface area (Å²) in [5.41, 5.74) is 7.80. The molecule has 3 nitrogen and oxygen atoms in total. The van der Waals surface area contributed by atoms with Gasteiger partial charge in [0.2, 0.25) is 5.91 Å². The van der Waals surface area contributed by atoms with E-state index >= 15 is 0 Å². The maximum Gasteiger partial charge on any atom is 0.237 e. The molecule has 0 radical (unpaired) electrons. The molecule has 1 amide bonds. The lowest BCUT2D eigenvalue weighted by molar-refractivity contribution is -0.116. The van der Waals surface area contributed by atoms with E-state index in [-0.39, 0.29) is 5.91 Å². The van der Waals surface area contributed by atoms with Crippen molar-refractivity contribution in [1.29, 1.82) is 0 Å². The van der Waals surface area contributed by atoms with Gasteiger partial charge in [-0.05, 0) is 37.6 Å². The third-order valence-corrected chi connectivity index (χ3v) is 3.76. The molecule has 0 fully saturated rings. The van der Waals surface area contributed by atoms with Crippen LogP contribution in [0.5, 0.6) is 0 Å². The van der Waals surface area contributed by atoms with Crippen molar-refractivity contribution in [3.05, 3.63) is 23.8 Å². The van der Waals surface area contributed by atoms with Crippen LogP contribution in [0.25, 0.3) is 0 Å². The average molecular weight is 236 g/mol. The normalized spacial score (nSPS) is 15.1. The lowest BCUT2D eigenvalue weighted by Gasteiger charge is -2.28. The van der Waals surface area contributed by atoms with Gasteiger partial charge in [0.15, 0.2) is 0 Å². The second-order valence-electron chi connectivity index (χ2n) is 3.77. The molecule has 1 aliphatic rings. The van der Waals surface area contributed by atoms with Crippen LogP contribution in [0, 0.1) is 0 Å². The number of hydrogen-bond donors (Lipinski definition) is 1. The molecule has 0 aromatic heterocycles. The molecule has 0 spiro atoms. The van der Waals surface area contributed by atoms with E-state index in [0.717, 1.165) is 18.7 Å². The van der Waals surface area contributed by atoms with Crippen LogP contribution in [0.4, 0.5) is 5.69 Å². The van der Waals surface area contributed by atoms with Gasteiger partial charge >= 0.3 is 0 Å². The fourth-order valence-electron chi connectivity index (χ4n) is 1.92. The predicted octanol–water partition coefficient (Wildman–Crippen LogP) is 1.65. The number of nitrogens with two attached hydrogens (primary N) is 1. The van der Waals surface area contributed by atoms with Crippen molar-refractivity contribution >= 4 is 23.4 Å². The minimum Gasteiger partial charge on any atom is -0.330 e. The van der Waals surface area contributed by atoms with E-state index in [2.05, 4.69) is 18.2 Å². The number of benzene rings is 1. The molecule has 0 unspecified atom stereocenters. The maximum atomic E-state index is 11.7. The van der Waals surface area contributed by atoms with Gasteiger partial charge in [0.1, 0.15) is 0 Å². The monoisotopic (exact) mass is 236 g/mol. The topological polar surface area (TPSA) is 46.3 Å². The van der Waals surface area contributed by atoms with Crippen LogP contribution < -0.4 is 10.6 Å². The summed E-state index contributed by atoms with van der Waals surface area (Å²) in [5.74, 6) is 0.752. The zero-order valence-electron chi connectivity index (χ0n) is 9.40. The molecule has 0 saturated heterocycles. The molecule has 0 aliphatic carbocycles. The van der Waals surface area contributed by atoms with Crippen molar-refractivity contribution < 1.29 is 4.79 Å². The van der Waals surface area contributed by atoms with E-state index in [1.54, 1.807) is 11.8 Å². The smallest absolute Gasteiger partial charge is 0.237 e. The Morgan fingerprint density at radius 3 is 3.00 bits per heavy atom. The summed E-state index contributed by atoms with van der Waals surface area (Å²) in [6.45, 7) is 3.39. The van der Waals surface area contributed by atoms with Crippen molar-refractivity contribution in [2.75, 3.05) is 23.7 Å². The highest BCUT2D eigenvalue weighted by Gasteiger charge is 2.23. The molecule has 2 rings (SSSR count). The van der Waals surface area contributed by atoms with Crippen LogP contribution in [0.3, 0.4) is 0 Å². The second kappa shape index (κ2) is 4.89. The summed E-state index contributed by atoms with van der Waals surface area (Å²) in [6.07, 6.45) is 0.865. The highest BCUT2D eigenvalue weighted by Crippen LogP contribution is 2.35. The second-order valence-corrected chi connectivity index (χ2v) is 4.78. The number of anilines is 1. The quantitative estimate of drug-likeness (QED) is 0.868. The zero-order valence-corrected chi connectivity index (χ0v) is 10.2. The molecule has 4 heteroatoms. The Kier molecular flexibility index (Phi) is 3.51. The third kappa shape index (κ3) is 2.08. The molecule has 1 aliphatic heterocycles. The lowest BCUT2D eigenvalue weighted by atomic mass is 10.1. The Morgan fingerprint density at radius 2 is 2.31 bits per heavy atom. The predicted molar refractivity (Wildman–Crippen MR) is 68.0 cm³/mol. The Balaban J connectivity index is 2.37. The third-order valence-electron chi connectivity index (χ3n) is 2.72. The summed E-state index contributed by atoms with van der Waals surface area (Å²) in [4.78, 5) is 14.8. The molecule has 2 N–H and O–H groups in total. The van der Waals surface area contributed by atoms with Crippen molar-refractivity contribution in [1.82, 2.24) is 0 Å². The lowest BCUT2D eigenvalue weighted by Crippen LogP contribution is -2.35. The van der Waals surface area contributed by atoms with Crippen molar-refractivity contribution in [2.24, 2.45) is 5.73 Å². The van der Waals surface area contributed by atoms with Crippen LogP contribution in [-0.4, -0.2) is 24.7 Å². The molecule has 0 bridgehead atoms. The van der Waals surface area contributed by atoms with E-state index in [4.69, 9.17) is 5.73 Å². The van der Waals surface area contributed by atoms with Gasteiger partial charge in [-0.25, -0.2) is 0 Å². The van der Waals surface area contributed by atoms with Crippen molar-refractivity contribution in [2.45, 2.75) is 18.2 Å². The minimum absolute atomic E-state index is 0.199. The minimum atomic E-state index is 0.199. The molecular formula is C12H16N2OS. The maximum absolute atomic E-state index is 11.7. The molecular weight excluding hydrogens is 220 g/mol. The number of carbonyl (C=O) groups is 1. The van der Waals surface area contributed by atoms with E-state index in [1.165, 1.54) is 10.5 Å². The Bertz CT molecular complexity index is 406. The van der Waals surface area contributed by atoms with Gasteiger partial charge in [0, 0.05) is 11.4 Å². The summed E-state index contributed by atoms with van der Waals surface area (Å²) in [7, 11) is 0. The molecule has 0 saturated carbocycles. The van der Waals surface area contributed by atoms with E-state index in [9.17, 15) is 4.79 Å². The average Bonchev–Trinajstić information content (AvgIpc) is 2.29. The van der Waals surface area contributed by atoms with Crippen molar-refractivity contribution in [3.63, 3.8) is 0 Å². The number of amides is 1. The van der Waals surface area contributed by atoms with Gasteiger partial charge in [-0.2, -0.15) is 0 Å². The van der Waals surface area contributed by atoms with Gasteiger partial charge in [-0.1, -0.05) is 6.07 Å². The first-order chi connectivity index (χ1) is 7.76. The number of carbonyl (C=O) groups excluding carboxylic acids is 1. The van der Waals surface area contributed by atoms with Gasteiger partial charge < -0.3 is 10.6 Å². The molecule has 0 atom stereocenters. The van der Waals surface area contributed by atoms with Crippen LogP contribution in [0.2, 0.25) is 0 Å². The highest BCUT2D eigenvalue weighted by molar-refractivity contribution is 8.00. The van der Waals surface area contributed by atoms with Crippen LogP contribution in [0.1, 0.15) is 12.5 Å². The number of rotatable bonds is 3. The molecule has 1 aromatic rings. The van der Waals surface area contributed by atoms with Gasteiger partial charge in [-0.15, -0.1) is 11.8 Å². The standard InChI is InChI=1S/C12H16N2OS/c1-2-14-10-7-9(5-6-13)3-4-11(10)16-8-12(14)15/h3-4,7H,2,5-6,8,13H2,1H3. The SMILES string of the molecule is CCN1C(=O)CSc2ccc(CCN)cc21. The zero-order chi connectivity index (χ0) is 11.5. The fraction of sp³-hybridized carbons (Fsp3) is 0.417. The van der Waals surface area contributed by atoms with Gasteiger partial charge in [-0.3, -0.25) is 4.79 Å². The first-order valence-corrected chi connectivity index (χ1v) is 6.51. The highest BCUT2D eigenvalue weighted by atomic mass is 32.2. The van der Waals surface area contributed by atoms with E-state index in [0.29, 0.717) is 12.3 Å². The first-order valence-electron chi connectivity index (χ1n) is 5.52. The van der Waals surface area contributed by atoms with E-state index in [1.807, 2.05) is 11.8 Å². The number of thioether (sulfide) groups is 1. The Morgan fingerprint density at radius 1 is 1.50 bits per heavy atom. The molecule has 1 aromatic carbocycles. The number of fused-ring (bicyclic) bond motifs is 1. The largest absolute Gasteiger partial charge is 0.330 e. The molecule has 86 valence electrons. The van der Waals surface area contributed by atoms with Crippen molar-refractivity contribution in [3.8, 4) is 0 Å². The fourth-order valence-corrected chi connectivity index (χ4v) is 2.83. The Labute approximate surface area is 100.0 Å².